The number of nitriles is 1. The molecule has 3 nitrogen and oxygen atoms in total. The van der Waals surface area contributed by atoms with Gasteiger partial charge in [0.15, 0.2) is 0 Å². The summed E-state index contributed by atoms with van der Waals surface area (Å²) in [5.41, 5.74) is 1.96. The number of hydrogen-bond acceptors (Lipinski definition) is 3. The van der Waals surface area contributed by atoms with Crippen LogP contribution >= 0.6 is 0 Å². The van der Waals surface area contributed by atoms with Crippen LogP contribution < -0.4 is 10.2 Å². The van der Waals surface area contributed by atoms with Gasteiger partial charge in [0.1, 0.15) is 0 Å². The lowest BCUT2D eigenvalue weighted by Crippen LogP contribution is -2.33. The van der Waals surface area contributed by atoms with Crippen LogP contribution in [0.1, 0.15) is 18.9 Å². The molecule has 1 aliphatic heterocycles. The summed E-state index contributed by atoms with van der Waals surface area (Å²) in [5, 5.41) is 12.0. The summed E-state index contributed by atoms with van der Waals surface area (Å²) < 4.78 is 0. The molecule has 0 amide bonds. The lowest BCUT2D eigenvalue weighted by atomic mass is 10.0. The van der Waals surface area contributed by atoms with Crippen LogP contribution in [0.2, 0.25) is 0 Å². The molecule has 0 spiro atoms. The Kier molecular flexibility index (Phi) is 3.65. The number of nitrogens with one attached hydrogen (secondary N) is 1. The van der Waals surface area contributed by atoms with E-state index in [-0.39, 0.29) is 0 Å². The zero-order valence-electron chi connectivity index (χ0n) is 10.5. The van der Waals surface area contributed by atoms with Crippen molar-refractivity contribution < 1.29 is 0 Å². The van der Waals surface area contributed by atoms with E-state index >= 15 is 0 Å². The molecule has 0 saturated carbocycles. The maximum absolute atomic E-state index is 8.79. The highest BCUT2D eigenvalue weighted by Gasteiger charge is 2.29. The van der Waals surface area contributed by atoms with Gasteiger partial charge in [-0.2, -0.15) is 5.26 Å². The molecule has 2 atom stereocenters. The summed E-state index contributed by atoms with van der Waals surface area (Å²) in [6, 6.07) is 10.6. The third-order valence-corrected chi connectivity index (χ3v) is 3.71. The Hall–Kier alpha value is -1.53. The summed E-state index contributed by atoms with van der Waals surface area (Å²) in [4.78, 5) is 2.43. The van der Waals surface area contributed by atoms with Crippen LogP contribution in [0.3, 0.4) is 0 Å². The summed E-state index contributed by atoms with van der Waals surface area (Å²) >= 11 is 0. The second kappa shape index (κ2) is 5.20. The van der Waals surface area contributed by atoms with E-state index in [1.807, 2.05) is 19.2 Å². The molecule has 1 aromatic carbocycles. The Morgan fingerprint density at radius 1 is 1.41 bits per heavy atom. The number of rotatable bonds is 3. The van der Waals surface area contributed by atoms with E-state index in [1.165, 1.54) is 12.1 Å². The Morgan fingerprint density at radius 3 is 2.71 bits per heavy atom. The molecule has 0 bridgehead atoms. The second-order valence-corrected chi connectivity index (χ2v) is 4.70. The van der Waals surface area contributed by atoms with Crippen LogP contribution in [0.15, 0.2) is 24.3 Å². The lowest BCUT2D eigenvalue weighted by Gasteiger charge is -2.26. The number of hydrogen-bond donors (Lipinski definition) is 1. The van der Waals surface area contributed by atoms with E-state index in [0.717, 1.165) is 24.6 Å². The first-order valence-electron chi connectivity index (χ1n) is 6.17. The van der Waals surface area contributed by atoms with Crippen molar-refractivity contribution in [3.8, 4) is 6.07 Å². The number of nitrogens with zero attached hydrogens (tertiary/aromatic N) is 2. The van der Waals surface area contributed by atoms with Crippen LogP contribution in [0.5, 0.6) is 0 Å². The van der Waals surface area contributed by atoms with E-state index in [4.69, 9.17) is 5.26 Å². The fraction of sp³-hybridized carbons (Fsp3) is 0.500. The van der Waals surface area contributed by atoms with Crippen molar-refractivity contribution in [1.29, 1.82) is 5.26 Å². The predicted octanol–water partition coefficient (Wildman–Crippen LogP) is 1.99. The van der Waals surface area contributed by atoms with Crippen LogP contribution in [0.4, 0.5) is 5.69 Å². The van der Waals surface area contributed by atoms with Crippen molar-refractivity contribution >= 4 is 5.69 Å². The van der Waals surface area contributed by atoms with Crippen molar-refractivity contribution in [2.75, 3.05) is 25.0 Å². The molecule has 0 aromatic heterocycles. The van der Waals surface area contributed by atoms with E-state index in [1.54, 1.807) is 0 Å². The topological polar surface area (TPSA) is 39.1 Å². The van der Waals surface area contributed by atoms with Crippen molar-refractivity contribution in [1.82, 2.24) is 5.32 Å². The maximum atomic E-state index is 8.79. The van der Waals surface area contributed by atoms with Gasteiger partial charge in [0.05, 0.1) is 11.6 Å². The minimum absolute atomic E-state index is 0.565. The van der Waals surface area contributed by atoms with Gasteiger partial charge in [0.25, 0.3) is 0 Å². The van der Waals surface area contributed by atoms with Crippen molar-refractivity contribution in [2.24, 2.45) is 5.92 Å². The highest BCUT2D eigenvalue weighted by atomic mass is 15.2. The summed E-state index contributed by atoms with van der Waals surface area (Å²) in [7, 11) is 2.01. The van der Waals surface area contributed by atoms with Gasteiger partial charge >= 0.3 is 0 Å². The van der Waals surface area contributed by atoms with E-state index in [2.05, 4.69) is 35.3 Å². The fourth-order valence-electron chi connectivity index (χ4n) is 2.63. The monoisotopic (exact) mass is 229 g/mol. The van der Waals surface area contributed by atoms with Crippen LogP contribution in [0, 0.1) is 17.2 Å². The van der Waals surface area contributed by atoms with Gasteiger partial charge < -0.3 is 10.2 Å². The molecule has 2 rings (SSSR count). The molecule has 0 radical (unpaired) electrons. The maximum Gasteiger partial charge on any atom is 0.0991 e. The van der Waals surface area contributed by atoms with Crippen LogP contribution in [-0.2, 0) is 0 Å². The third kappa shape index (κ3) is 2.42. The highest BCUT2D eigenvalue weighted by Crippen LogP contribution is 2.29. The summed E-state index contributed by atoms with van der Waals surface area (Å²) in [5.74, 6) is 0.718. The Balaban J connectivity index is 2.10. The summed E-state index contributed by atoms with van der Waals surface area (Å²) in [6.45, 7) is 4.47. The molecule has 17 heavy (non-hydrogen) atoms. The standard InChI is InChI=1S/C14H19N3/c1-11-13(10-16-2)7-8-17(11)14-5-3-12(9-15)4-6-14/h3-6,11,13,16H,7-8,10H2,1-2H3. The van der Waals surface area contributed by atoms with Gasteiger partial charge in [-0.3, -0.25) is 0 Å². The number of anilines is 1. The van der Waals surface area contributed by atoms with Crippen molar-refractivity contribution in [3.05, 3.63) is 29.8 Å². The SMILES string of the molecule is CNCC1CCN(c2ccc(C#N)cc2)C1C. The molecular weight excluding hydrogens is 210 g/mol. The average molecular weight is 229 g/mol. The molecule has 1 heterocycles. The first-order chi connectivity index (χ1) is 8.26. The molecule has 1 aromatic rings. The minimum Gasteiger partial charge on any atom is -0.368 e. The molecule has 1 fully saturated rings. The van der Waals surface area contributed by atoms with E-state index in [9.17, 15) is 0 Å². The molecule has 3 heteroatoms. The zero-order chi connectivity index (χ0) is 12.3. The van der Waals surface area contributed by atoms with Gasteiger partial charge in [0.2, 0.25) is 0 Å². The average Bonchev–Trinajstić information content (AvgIpc) is 2.72. The van der Waals surface area contributed by atoms with Crippen molar-refractivity contribution in [3.63, 3.8) is 0 Å². The summed E-state index contributed by atoms with van der Waals surface area (Å²) in [6.07, 6.45) is 1.24. The molecular formula is C14H19N3. The molecule has 0 aliphatic carbocycles. The van der Waals surface area contributed by atoms with Crippen molar-refractivity contribution in [2.45, 2.75) is 19.4 Å². The molecule has 1 saturated heterocycles. The van der Waals surface area contributed by atoms with Gasteiger partial charge in [-0.15, -0.1) is 0 Å². The Bertz CT molecular complexity index is 404. The quantitative estimate of drug-likeness (QED) is 0.861. The van der Waals surface area contributed by atoms with Gasteiger partial charge in [-0.05, 0) is 57.1 Å². The normalized spacial score (nSPS) is 23.7. The van der Waals surface area contributed by atoms with Crippen LogP contribution in [-0.4, -0.2) is 26.2 Å². The fourth-order valence-corrected chi connectivity index (χ4v) is 2.63. The first-order valence-corrected chi connectivity index (χ1v) is 6.17. The Morgan fingerprint density at radius 2 is 2.12 bits per heavy atom. The first kappa shape index (κ1) is 11.9. The minimum atomic E-state index is 0.565. The van der Waals surface area contributed by atoms with Gasteiger partial charge in [0, 0.05) is 18.3 Å². The third-order valence-electron chi connectivity index (χ3n) is 3.71. The van der Waals surface area contributed by atoms with Gasteiger partial charge in [-0.1, -0.05) is 0 Å². The molecule has 1 aliphatic rings. The smallest absolute Gasteiger partial charge is 0.0991 e. The Labute approximate surface area is 103 Å². The molecule has 1 N–H and O–H groups in total. The second-order valence-electron chi connectivity index (χ2n) is 4.70. The zero-order valence-corrected chi connectivity index (χ0v) is 10.5. The largest absolute Gasteiger partial charge is 0.368 e. The predicted molar refractivity (Wildman–Crippen MR) is 70.0 cm³/mol. The lowest BCUT2D eigenvalue weighted by molar-refractivity contribution is 0.474. The van der Waals surface area contributed by atoms with Crippen LogP contribution in [0.25, 0.3) is 0 Å². The van der Waals surface area contributed by atoms with E-state index in [0.29, 0.717) is 6.04 Å². The highest BCUT2D eigenvalue weighted by molar-refractivity contribution is 5.51. The molecule has 90 valence electrons. The molecule has 2 unspecified atom stereocenters. The van der Waals surface area contributed by atoms with Gasteiger partial charge in [-0.25, -0.2) is 0 Å². The number of benzene rings is 1. The van der Waals surface area contributed by atoms with E-state index < -0.39 is 0 Å².